The highest BCUT2D eigenvalue weighted by molar-refractivity contribution is 5.78. The third kappa shape index (κ3) is 5.64. The first kappa shape index (κ1) is 21.0. The fourth-order valence-corrected chi connectivity index (χ4v) is 3.75. The number of carbonyl (C=O) groups is 1. The number of likely N-dealkylation sites (tertiary alicyclic amines) is 1. The van der Waals surface area contributed by atoms with Crippen LogP contribution < -0.4 is 14.8 Å². The Hall–Kier alpha value is -2.73. The van der Waals surface area contributed by atoms with Gasteiger partial charge in [-0.2, -0.15) is 0 Å². The van der Waals surface area contributed by atoms with Crippen LogP contribution in [-0.4, -0.2) is 49.8 Å². The molecule has 0 spiro atoms. The van der Waals surface area contributed by atoms with Gasteiger partial charge in [0.2, 0.25) is 5.91 Å². The Balaban J connectivity index is 1.41. The minimum Gasteiger partial charge on any atom is -0.508 e. The number of benzene rings is 2. The Morgan fingerprint density at radius 1 is 1.10 bits per heavy atom. The minimum atomic E-state index is 0.0565. The highest BCUT2D eigenvalue weighted by atomic mass is 16.5. The Bertz CT molecular complexity index is 816. The first-order valence-corrected chi connectivity index (χ1v) is 10.1. The maximum Gasteiger partial charge on any atom is 0.223 e. The van der Waals surface area contributed by atoms with Gasteiger partial charge in [0.15, 0.2) is 11.5 Å². The van der Waals surface area contributed by atoms with Crippen molar-refractivity contribution in [1.82, 2.24) is 10.2 Å². The molecule has 1 amide bonds. The van der Waals surface area contributed by atoms with E-state index < -0.39 is 0 Å². The number of rotatable bonds is 8. The number of aromatic hydroxyl groups is 1. The van der Waals surface area contributed by atoms with Crippen LogP contribution in [0.2, 0.25) is 0 Å². The van der Waals surface area contributed by atoms with Gasteiger partial charge in [-0.05, 0) is 56.1 Å². The molecule has 0 unspecified atom stereocenters. The molecule has 1 aliphatic heterocycles. The highest BCUT2D eigenvalue weighted by Gasteiger charge is 2.25. The van der Waals surface area contributed by atoms with Gasteiger partial charge in [0.1, 0.15) is 5.75 Å². The van der Waals surface area contributed by atoms with Gasteiger partial charge in [-0.3, -0.25) is 9.69 Å². The van der Waals surface area contributed by atoms with Gasteiger partial charge in [0.05, 0.1) is 14.2 Å². The number of phenolic OH excluding ortho intramolecular Hbond substituents is 1. The average molecular weight is 399 g/mol. The number of nitrogens with one attached hydrogen (secondary N) is 1. The zero-order valence-corrected chi connectivity index (χ0v) is 17.2. The molecule has 2 N–H and O–H groups in total. The molecule has 0 aromatic heterocycles. The van der Waals surface area contributed by atoms with Crippen LogP contribution in [0.15, 0.2) is 42.5 Å². The quantitative estimate of drug-likeness (QED) is 0.715. The maximum absolute atomic E-state index is 12.5. The summed E-state index contributed by atoms with van der Waals surface area (Å²) < 4.78 is 10.6. The van der Waals surface area contributed by atoms with E-state index in [1.807, 2.05) is 36.4 Å². The zero-order valence-electron chi connectivity index (χ0n) is 17.2. The van der Waals surface area contributed by atoms with Gasteiger partial charge in [-0.1, -0.05) is 24.3 Å². The van der Waals surface area contributed by atoms with Crippen LogP contribution in [0.1, 0.15) is 24.0 Å². The van der Waals surface area contributed by atoms with Gasteiger partial charge < -0.3 is 19.9 Å². The fourth-order valence-electron chi connectivity index (χ4n) is 3.75. The zero-order chi connectivity index (χ0) is 20.6. The fraction of sp³-hybridized carbons (Fsp3) is 0.435. The molecule has 6 heteroatoms. The molecule has 0 saturated carbocycles. The lowest BCUT2D eigenvalue weighted by Crippen LogP contribution is -2.40. The van der Waals surface area contributed by atoms with E-state index in [0.717, 1.165) is 50.0 Å². The number of piperidine rings is 1. The van der Waals surface area contributed by atoms with Gasteiger partial charge in [0.25, 0.3) is 0 Å². The van der Waals surface area contributed by atoms with E-state index in [-0.39, 0.29) is 11.8 Å². The predicted octanol–water partition coefficient (Wildman–Crippen LogP) is 2.98. The summed E-state index contributed by atoms with van der Waals surface area (Å²) in [7, 11) is 3.24. The third-order valence-electron chi connectivity index (χ3n) is 5.50. The summed E-state index contributed by atoms with van der Waals surface area (Å²) >= 11 is 0. The molecule has 1 saturated heterocycles. The summed E-state index contributed by atoms with van der Waals surface area (Å²) in [5.74, 6) is 1.93. The molecule has 2 aromatic carbocycles. The largest absolute Gasteiger partial charge is 0.508 e. The van der Waals surface area contributed by atoms with E-state index in [1.54, 1.807) is 20.3 Å². The Kier molecular flexibility index (Phi) is 7.36. The molecule has 0 aliphatic carbocycles. The first-order valence-electron chi connectivity index (χ1n) is 10.1. The van der Waals surface area contributed by atoms with Crippen LogP contribution in [0.3, 0.4) is 0 Å². The number of nitrogens with zero attached hydrogens (tertiary/aromatic N) is 1. The van der Waals surface area contributed by atoms with Crippen molar-refractivity contribution in [1.29, 1.82) is 0 Å². The Labute approximate surface area is 172 Å². The Morgan fingerprint density at radius 3 is 2.52 bits per heavy atom. The summed E-state index contributed by atoms with van der Waals surface area (Å²) in [4.78, 5) is 14.8. The van der Waals surface area contributed by atoms with E-state index in [1.165, 1.54) is 0 Å². The number of amides is 1. The molecule has 29 heavy (non-hydrogen) atoms. The monoisotopic (exact) mass is 398 g/mol. The van der Waals surface area contributed by atoms with Crippen LogP contribution >= 0.6 is 0 Å². The standard InChI is InChI=1S/C23H30N2O4/c1-28-21-8-7-17(15-22(21)29-2)9-12-24-23(27)18-10-13-25(14-11-18)16-19-5-3-4-6-20(19)26/h3-8,15,18,26H,9-14,16H2,1-2H3,(H,24,27). The van der Waals surface area contributed by atoms with Gasteiger partial charge in [-0.15, -0.1) is 0 Å². The van der Waals surface area contributed by atoms with Crippen LogP contribution in [0.5, 0.6) is 17.2 Å². The van der Waals surface area contributed by atoms with E-state index >= 15 is 0 Å². The van der Waals surface area contributed by atoms with E-state index in [9.17, 15) is 9.90 Å². The third-order valence-corrected chi connectivity index (χ3v) is 5.50. The number of methoxy groups -OCH3 is 2. The number of hydrogen-bond acceptors (Lipinski definition) is 5. The summed E-state index contributed by atoms with van der Waals surface area (Å²) in [5.41, 5.74) is 2.03. The van der Waals surface area contributed by atoms with E-state index in [2.05, 4.69) is 10.2 Å². The number of carbonyl (C=O) groups excluding carboxylic acids is 1. The number of ether oxygens (including phenoxy) is 2. The second kappa shape index (κ2) is 10.2. The van der Waals surface area contributed by atoms with Crippen molar-refractivity contribution in [3.8, 4) is 17.2 Å². The lowest BCUT2D eigenvalue weighted by atomic mass is 9.95. The Morgan fingerprint density at radius 2 is 1.83 bits per heavy atom. The highest BCUT2D eigenvalue weighted by Crippen LogP contribution is 2.27. The van der Waals surface area contributed by atoms with Crippen molar-refractivity contribution in [2.45, 2.75) is 25.8 Å². The van der Waals surface area contributed by atoms with Crippen molar-refractivity contribution >= 4 is 5.91 Å². The topological polar surface area (TPSA) is 71.0 Å². The molecule has 1 fully saturated rings. The summed E-state index contributed by atoms with van der Waals surface area (Å²) in [6.45, 7) is 3.05. The smallest absolute Gasteiger partial charge is 0.223 e. The number of phenols is 1. The molecule has 1 heterocycles. The van der Waals surface area contributed by atoms with Crippen LogP contribution in [0, 0.1) is 5.92 Å². The van der Waals surface area contributed by atoms with Crippen LogP contribution in [-0.2, 0) is 17.8 Å². The molecule has 0 radical (unpaired) electrons. The molecule has 2 aromatic rings. The lowest BCUT2D eigenvalue weighted by Gasteiger charge is -2.31. The molecular weight excluding hydrogens is 368 g/mol. The molecule has 0 atom stereocenters. The lowest BCUT2D eigenvalue weighted by molar-refractivity contribution is -0.126. The normalized spacial score (nSPS) is 15.1. The van der Waals surface area contributed by atoms with Crippen LogP contribution in [0.25, 0.3) is 0 Å². The van der Waals surface area contributed by atoms with Gasteiger partial charge >= 0.3 is 0 Å². The van der Waals surface area contributed by atoms with Crippen molar-refractivity contribution < 1.29 is 19.4 Å². The summed E-state index contributed by atoms with van der Waals surface area (Å²) in [5, 5.41) is 13.0. The predicted molar refractivity (Wildman–Crippen MR) is 112 cm³/mol. The van der Waals surface area contributed by atoms with E-state index in [4.69, 9.17) is 9.47 Å². The van der Waals surface area contributed by atoms with Gasteiger partial charge in [0, 0.05) is 24.6 Å². The molecule has 3 rings (SSSR count). The van der Waals surface area contributed by atoms with Crippen molar-refractivity contribution in [3.05, 3.63) is 53.6 Å². The number of para-hydroxylation sites is 1. The second-order valence-corrected chi connectivity index (χ2v) is 7.41. The first-order chi connectivity index (χ1) is 14.1. The van der Waals surface area contributed by atoms with Crippen molar-refractivity contribution in [3.63, 3.8) is 0 Å². The molecule has 156 valence electrons. The van der Waals surface area contributed by atoms with Crippen molar-refractivity contribution in [2.24, 2.45) is 5.92 Å². The molecule has 1 aliphatic rings. The summed E-state index contributed by atoms with van der Waals surface area (Å²) in [6, 6.07) is 13.3. The average Bonchev–Trinajstić information content (AvgIpc) is 2.75. The number of hydrogen-bond donors (Lipinski definition) is 2. The molecule has 6 nitrogen and oxygen atoms in total. The minimum absolute atomic E-state index is 0.0565. The summed E-state index contributed by atoms with van der Waals surface area (Å²) in [6.07, 6.45) is 2.43. The molecular formula is C23H30N2O4. The molecule has 0 bridgehead atoms. The van der Waals surface area contributed by atoms with Crippen molar-refractivity contribution in [2.75, 3.05) is 33.9 Å². The van der Waals surface area contributed by atoms with Crippen LogP contribution in [0.4, 0.5) is 0 Å². The second-order valence-electron chi connectivity index (χ2n) is 7.41. The van der Waals surface area contributed by atoms with E-state index in [0.29, 0.717) is 23.8 Å². The maximum atomic E-state index is 12.5. The SMILES string of the molecule is COc1ccc(CCNC(=O)C2CCN(Cc3ccccc3O)CC2)cc1OC. The van der Waals surface area contributed by atoms with Gasteiger partial charge in [-0.25, -0.2) is 0 Å².